The van der Waals surface area contributed by atoms with E-state index in [9.17, 15) is 19.5 Å². The van der Waals surface area contributed by atoms with Gasteiger partial charge >= 0.3 is 0 Å². The Morgan fingerprint density at radius 1 is 1.19 bits per heavy atom. The number of rotatable bonds is 4. The van der Waals surface area contributed by atoms with E-state index >= 15 is 0 Å². The molecule has 8 nitrogen and oxygen atoms in total. The third kappa shape index (κ3) is 2.73. The number of carbonyl (C=O) groups excluding carboxylic acids is 3. The molecule has 166 valence electrons. The van der Waals surface area contributed by atoms with Crippen molar-refractivity contribution in [1.29, 1.82) is 0 Å². The van der Waals surface area contributed by atoms with Crippen molar-refractivity contribution in [3.8, 4) is 5.75 Å². The smallest absolute Gasteiger partial charge is 0.250 e. The second kappa shape index (κ2) is 7.30. The van der Waals surface area contributed by atoms with E-state index in [1.54, 1.807) is 49.4 Å². The Balaban J connectivity index is 1.62. The average Bonchev–Trinajstić information content (AvgIpc) is 3.35. The fraction of sp³-hybridized carbons (Fsp3) is 0.348. The number of anilines is 1. The van der Waals surface area contributed by atoms with E-state index in [2.05, 4.69) is 10.6 Å². The van der Waals surface area contributed by atoms with Crippen LogP contribution in [0, 0.1) is 11.8 Å². The molecule has 3 aliphatic heterocycles. The van der Waals surface area contributed by atoms with Gasteiger partial charge in [-0.3, -0.25) is 24.6 Å². The molecule has 3 N–H and O–H groups in total. The predicted octanol–water partition coefficient (Wildman–Crippen LogP) is 1.65. The molecule has 0 saturated carbocycles. The quantitative estimate of drug-likeness (QED) is 0.605. The molecule has 0 aliphatic carbocycles. The molecule has 9 heteroatoms. The van der Waals surface area contributed by atoms with Crippen molar-refractivity contribution in [3.63, 3.8) is 0 Å². The van der Waals surface area contributed by atoms with Gasteiger partial charge in [-0.1, -0.05) is 29.8 Å². The fourth-order valence-corrected chi connectivity index (χ4v) is 5.51. The molecule has 1 spiro atoms. The van der Waals surface area contributed by atoms with E-state index in [1.165, 1.54) is 12.0 Å². The Kier molecular flexibility index (Phi) is 4.77. The Labute approximate surface area is 189 Å². The van der Waals surface area contributed by atoms with E-state index in [0.29, 0.717) is 27.6 Å². The van der Waals surface area contributed by atoms with Crippen LogP contribution in [-0.2, 0) is 26.5 Å². The summed E-state index contributed by atoms with van der Waals surface area (Å²) in [5.41, 5.74) is 0.217. The minimum Gasteiger partial charge on any atom is -0.496 e. The van der Waals surface area contributed by atoms with Crippen molar-refractivity contribution in [2.45, 2.75) is 31.2 Å². The summed E-state index contributed by atoms with van der Waals surface area (Å²) in [6, 6.07) is 11.3. The number of nitrogens with zero attached hydrogens (tertiary/aromatic N) is 1. The highest BCUT2D eigenvalue weighted by Crippen LogP contribution is 2.54. The third-order valence-corrected chi connectivity index (χ3v) is 6.98. The molecule has 2 aromatic carbocycles. The second-order valence-electron chi connectivity index (χ2n) is 8.44. The molecule has 0 unspecified atom stereocenters. The topological polar surface area (TPSA) is 108 Å². The lowest BCUT2D eigenvalue weighted by Gasteiger charge is -2.30. The number of amides is 3. The number of para-hydroxylation sites is 1. The summed E-state index contributed by atoms with van der Waals surface area (Å²) < 4.78 is 5.37. The van der Waals surface area contributed by atoms with E-state index in [0.717, 1.165) is 0 Å². The maximum atomic E-state index is 13.7. The van der Waals surface area contributed by atoms with Crippen molar-refractivity contribution in [3.05, 3.63) is 58.6 Å². The molecule has 0 radical (unpaired) electrons. The molecule has 2 saturated heterocycles. The van der Waals surface area contributed by atoms with Crippen LogP contribution in [0.1, 0.15) is 18.1 Å². The SMILES string of the molecule is COc1ccccc1CN1C(=O)[C@@H]2[C@H]([C@H](C)O)N[C@]3(C(=O)Nc4ccc(Cl)cc43)[C@@H]2C1=O. The van der Waals surface area contributed by atoms with Crippen LogP contribution in [0.2, 0.25) is 5.02 Å². The molecule has 0 aromatic heterocycles. The lowest BCUT2D eigenvalue weighted by Crippen LogP contribution is -2.54. The van der Waals surface area contributed by atoms with Gasteiger partial charge in [0.1, 0.15) is 11.3 Å². The highest BCUT2D eigenvalue weighted by atomic mass is 35.5. The normalized spacial score (nSPS) is 29.3. The number of fused-ring (bicyclic) bond motifs is 4. The standard InChI is InChI=1S/C23H22ClN3O5/c1-11(28)19-17-18(23(26-19)14-9-13(24)7-8-15(14)25-22(23)31)21(30)27(20(17)29)10-12-5-3-4-6-16(12)32-2/h3-9,11,17-19,26,28H,10H2,1-2H3,(H,25,31)/t11-,17-,18-,19-,23-/m0/s1. The summed E-state index contributed by atoms with van der Waals surface area (Å²) in [4.78, 5) is 41.7. The number of hydrogen-bond donors (Lipinski definition) is 3. The summed E-state index contributed by atoms with van der Waals surface area (Å²) in [7, 11) is 1.52. The Hall–Kier alpha value is -2.94. The summed E-state index contributed by atoms with van der Waals surface area (Å²) in [5, 5.41) is 16.8. The van der Waals surface area contributed by atoms with Crippen LogP contribution >= 0.6 is 11.6 Å². The fourth-order valence-electron chi connectivity index (χ4n) is 5.34. The maximum absolute atomic E-state index is 13.7. The van der Waals surface area contributed by atoms with Crippen LogP contribution in [-0.4, -0.2) is 47.0 Å². The van der Waals surface area contributed by atoms with E-state index in [-0.39, 0.29) is 6.54 Å². The molecule has 2 fully saturated rings. The monoisotopic (exact) mass is 455 g/mol. The zero-order valence-corrected chi connectivity index (χ0v) is 18.2. The molecule has 3 aliphatic rings. The van der Waals surface area contributed by atoms with Crippen LogP contribution in [0.4, 0.5) is 5.69 Å². The van der Waals surface area contributed by atoms with Gasteiger partial charge in [0.2, 0.25) is 17.7 Å². The van der Waals surface area contributed by atoms with Gasteiger partial charge in [-0.2, -0.15) is 0 Å². The second-order valence-corrected chi connectivity index (χ2v) is 8.88. The van der Waals surface area contributed by atoms with Gasteiger partial charge in [0.15, 0.2) is 0 Å². The molecule has 2 aromatic rings. The average molecular weight is 456 g/mol. The van der Waals surface area contributed by atoms with Gasteiger partial charge in [0, 0.05) is 27.9 Å². The number of likely N-dealkylation sites (tertiary alicyclic amines) is 1. The van der Waals surface area contributed by atoms with Crippen molar-refractivity contribution < 1.29 is 24.2 Å². The molecule has 5 atom stereocenters. The zero-order chi connectivity index (χ0) is 22.8. The van der Waals surface area contributed by atoms with Gasteiger partial charge in [-0.15, -0.1) is 0 Å². The number of nitrogens with one attached hydrogen (secondary N) is 2. The Morgan fingerprint density at radius 3 is 2.66 bits per heavy atom. The first kappa shape index (κ1) is 20.9. The highest BCUT2D eigenvalue weighted by molar-refractivity contribution is 6.31. The predicted molar refractivity (Wildman–Crippen MR) is 116 cm³/mol. The lowest BCUT2D eigenvalue weighted by molar-refractivity contribution is -0.143. The third-order valence-electron chi connectivity index (χ3n) is 6.74. The van der Waals surface area contributed by atoms with Crippen molar-refractivity contribution in [2.75, 3.05) is 12.4 Å². The van der Waals surface area contributed by atoms with Crippen molar-refractivity contribution >= 4 is 35.0 Å². The van der Waals surface area contributed by atoms with Crippen LogP contribution in [0.5, 0.6) is 5.75 Å². The number of aliphatic hydroxyl groups is 1. The van der Waals surface area contributed by atoms with Gasteiger partial charge in [-0.25, -0.2) is 0 Å². The van der Waals surface area contributed by atoms with Gasteiger partial charge < -0.3 is 15.2 Å². The number of hydrogen-bond acceptors (Lipinski definition) is 6. The summed E-state index contributed by atoms with van der Waals surface area (Å²) >= 11 is 6.22. The van der Waals surface area contributed by atoms with Crippen LogP contribution < -0.4 is 15.4 Å². The van der Waals surface area contributed by atoms with E-state index in [4.69, 9.17) is 16.3 Å². The number of ether oxygens (including phenoxy) is 1. The van der Waals surface area contributed by atoms with Crippen LogP contribution in [0.15, 0.2) is 42.5 Å². The minimum atomic E-state index is -1.49. The minimum absolute atomic E-state index is 0.0152. The lowest BCUT2D eigenvalue weighted by atomic mass is 9.76. The highest BCUT2D eigenvalue weighted by Gasteiger charge is 2.71. The summed E-state index contributed by atoms with van der Waals surface area (Å²) in [6.07, 6.45) is -0.971. The van der Waals surface area contributed by atoms with Crippen LogP contribution in [0.25, 0.3) is 0 Å². The number of imide groups is 1. The summed E-state index contributed by atoms with van der Waals surface area (Å²) in [5.74, 6) is -2.68. The molecular formula is C23H22ClN3O5. The number of benzene rings is 2. The number of carbonyl (C=O) groups is 3. The first-order valence-corrected chi connectivity index (χ1v) is 10.7. The van der Waals surface area contributed by atoms with E-state index < -0.39 is 47.2 Å². The van der Waals surface area contributed by atoms with Crippen LogP contribution in [0.3, 0.4) is 0 Å². The van der Waals surface area contributed by atoms with Gasteiger partial charge in [0.05, 0.1) is 31.6 Å². The van der Waals surface area contributed by atoms with Crippen molar-refractivity contribution in [1.82, 2.24) is 10.2 Å². The van der Waals surface area contributed by atoms with Crippen molar-refractivity contribution in [2.24, 2.45) is 11.8 Å². The molecule has 3 amide bonds. The largest absolute Gasteiger partial charge is 0.496 e. The van der Waals surface area contributed by atoms with Gasteiger partial charge in [0.25, 0.3) is 0 Å². The first-order chi connectivity index (χ1) is 15.3. The molecule has 0 bridgehead atoms. The zero-order valence-electron chi connectivity index (χ0n) is 17.5. The first-order valence-electron chi connectivity index (χ1n) is 10.3. The molecule has 32 heavy (non-hydrogen) atoms. The number of methoxy groups -OCH3 is 1. The molecule has 5 rings (SSSR count). The Bertz CT molecular complexity index is 1150. The Morgan fingerprint density at radius 2 is 1.94 bits per heavy atom. The van der Waals surface area contributed by atoms with Gasteiger partial charge in [-0.05, 0) is 31.2 Å². The summed E-state index contributed by atoms with van der Waals surface area (Å²) in [6.45, 7) is 1.56. The van der Waals surface area contributed by atoms with E-state index in [1.807, 2.05) is 0 Å². The molecular weight excluding hydrogens is 434 g/mol. The number of aliphatic hydroxyl groups excluding tert-OH is 1. The maximum Gasteiger partial charge on any atom is 0.250 e. The molecule has 3 heterocycles. The number of halogens is 1.